The van der Waals surface area contributed by atoms with Crippen LogP contribution in [0.5, 0.6) is 0 Å². The predicted octanol–water partition coefficient (Wildman–Crippen LogP) is 0.856. The normalized spacial score (nSPS) is 22.8. The molecule has 0 bridgehead atoms. The molecule has 0 aromatic carbocycles. The van der Waals surface area contributed by atoms with E-state index in [2.05, 4.69) is 15.9 Å². The number of rotatable bonds is 2. The van der Waals surface area contributed by atoms with E-state index in [4.69, 9.17) is 10.6 Å². The van der Waals surface area contributed by atoms with E-state index < -0.39 is 17.6 Å². The molecule has 6 heavy (non-hydrogen) atoms. The molecule has 0 saturated carbocycles. The lowest BCUT2D eigenvalue weighted by molar-refractivity contribution is -0.136. The van der Waals surface area contributed by atoms with Gasteiger partial charge in [0.25, 0.3) is 0 Å². The highest BCUT2D eigenvalue weighted by atomic mass is 79.9. The molecule has 0 fully saturated rings. The van der Waals surface area contributed by atoms with Crippen molar-refractivity contribution < 1.29 is 15.4 Å². The summed E-state index contributed by atoms with van der Waals surface area (Å²) < 4.78 is 26.7. The van der Waals surface area contributed by atoms with Gasteiger partial charge in [-0.3, -0.25) is 4.79 Å². The van der Waals surface area contributed by atoms with E-state index in [1.54, 1.807) is 0 Å². The molecule has 0 unspecified atom stereocenters. The van der Waals surface area contributed by atoms with E-state index in [9.17, 15) is 4.79 Å². The van der Waals surface area contributed by atoms with Gasteiger partial charge in [0.15, 0.2) is 0 Å². The largest absolute Gasteiger partial charge is 0.481 e. The van der Waals surface area contributed by atoms with Crippen molar-refractivity contribution in [3.63, 3.8) is 0 Å². The fourth-order valence-corrected chi connectivity index (χ4v) is 0.210. The van der Waals surface area contributed by atoms with Gasteiger partial charge in [0.1, 0.15) is 0 Å². The minimum Gasteiger partial charge on any atom is -0.481 e. The summed E-state index contributed by atoms with van der Waals surface area (Å²) in [6, 6.07) is 0. The Labute approximate surface area is 49.9 Å². The molecule has 0 heterocycles. The van der Waals surface area contributed by atoms with Gasteiger partial charge in [-0.05, 0) is 0 Å². The summed E-state index contributed by atoms with van der Waals surface area (Å²) in [5.74, 6) is -1.82. The lowest BCUT2D eigenvalue weighted by Gasteiger charge is -1.78. The molecule has 1 N–H and O–H groups in total. The van der Waals surface area contributed by atoms with Crippen LogP contribution in [0, 0.1) is 0 Å². The molecule has 0 atom stereocenters. The van der Waals surface area contributed by atoms with E-state index in [1.165, 1.54) is 0 Å². The topological polar surface area (TPSA) is 37.3 Å². The Morgan fingerprint density at radius 2 is 2.67 bits per heavy atom. The number of aliphatic carboxylic acids is 1. The van der Waals surface area contributed by atoms with Crippen molar-refractivity contribution in [3.05, 3.63) is 0 Å². The summed E-state index contributed by atoms with van der Waals surface area (Å²) in [6.45, 7) is 0. The number of alkyl halides is 1. The maximum atomic E-state index is 10.0. The molecule has 0 aliphatic heterocycles. The average molecular weight is 157 g/mol. The minimum absolute atomic E-state index is 1.82. The van der Waals surface area contributed by atoms with Gasteiger partial charge in [-0.1, -0.05) is 15.9 Å². The maximum Gasteiger partial charge on any atom is 0.304 e. The Morgan fingerprint density at radius 1 is 2.17 bits per heavy atom. The molecule has 0 aromatic rings. The number of hydrogen-bond donors (Lipinski definition) is 1. The molecule has 0 saturated heterocycles. The van der Waals surface area contributed by atoms with Crippen LogP contribution in [0.2, 0.25) is 0 Å². The van der Waals surface area contributed by atoms with Gasteiger partial charge in [-0.2, -0.15) is 0 Å². The third-order valence-corrected chi connectivity index (χ3v) is 0.352. The first-order valence-corrected chi connectivity index (χ1v) is 1.91. The number of carbonyl (C=O) groups is 1. The molecular formula is C3H5BrO2. The van der Waals surface area contributed by atoms with Crippen LogP contribution in [0.1, 0.15) is 11.9 Å². The summed E-state index contributed by atoms with van der Waals surface area (Å²) in [5.41, 5.74) is 0. The molecule has 0 radical (unpaired) electrons. The van der Waals surface area contributed by atoms with Crippen molar-refractivity contribution in [2.45, 2.75) is 6.37 Å². The summed E-state index contributed by atoms with van der Waals surface area (Å²) >= 11 is 2.28. The molecule has 0 aliphatic carbocycles. The van der Waals surface area contributed by atoms with Crippen LogP contribution in [0.3, 0.4) is 0 Å². The zero-order valence-corrected chi connectivity index (χ0v) is 4.32. The molecule has 0 amide bonds. The van der Waals surface area contributed by atoms with Crippen LogP contribution in [0.25, 0.3) is 0 Å². The van der Waals surface area contributed by atoms with Gasteiger partial charge >= 0.3 is 5.97 Å². The fourth-order valence-electron chi connectivity index (χ4n) is 0.0404. The third kappa shape index (κ3) is 3.95. The lowest BCUT2D eigenvalue weighted by Crippen LogP contribution is -1.92. The Hall–Kier alpha value is -0.0500. The van der Waals surface area contributed by atoms with Crippen LogP contribution < -0.4 is 0 Å². The predicted molar refractivity (Wildman–Crippen MR) is 26.0 cm³/mol. The average Bonchev–Trinajstić information content (AvgIpc) is 1.62. The standard InChI is InChI=1S/C3H5BrO2/c4-2-1-3(5)6/h1-2H2,(H,5,6)/i1D2,2D2. The minimum atomic E-state index is -2.90. The number of carboxylic acids is 1. The second-order valence-corrected chi connectivity index (χ2v) is 0.921. The first-order valence-electron chi connectivity index (χ1n) is 3.12. The van der Waals surface area contributed by atoms with Crippen LogP contribution in [0.4, 0.5) is 0 Å². The van der Waals surface area contributed by atoms with Gasteiger partial charge in [0.05, 0.1) is 6.37 Å². The molecule has 2 nitrogen and oxygen atoms in total. The van der Waals surface area contributed by atoms with Crippen molar-refractivity contribution in [2.24, 2.45) is 0 Å². The molecular weight excluding hydrogens is 148 g/mol. The Bertz CT molecular complexity index is 151. The van der Waals surface area contributed by atoms with E-state index in [0.29, 0.717) is 0 Å². The van der Waals surface area contributed by atoms with E-state index in [1.807, 2.05) is 0 Å². The second-order valence-electron chi connectivity index (χ2n) is 0.525. The van der Waals surface area contributed by atoms with Gasteiger partial charge in [0.2, 0.25) is 0 Å². The third-order valence-electron chi connectivity index (χ3n) is 0.154. The zero-order chi connectivity index (χ0) is 8.58. The Balaban J connectivity index is 4.57. The Morgan fingerprint density at radius 3 is 2.67 bits per heavy atom. The molecule has 3 heteroatoms. The van der Waals surface area contributed by atoms with Crippen LogP contribution in [0.15, 0.2) is 0 Å². The van der Waals surface area contributed by atoms with Gasteiger partial charge < -0.3 is 5.11 Å². The van der Waals surface area contributed by atoms with Gasteiger partial charge in [-0.15, -0.1) is 0 Å². The zero-order valence-electron chi connectivity index (χ0n) is 6.73. The van der Waals surface area contributed by atoms with Crippen molar-refractivity contribution in [2.75, 3.05) is 5.28 Å². The molecule has 0 aliphatic rings. The van der Waals surface area contributed by atoms with Crippen LogP contribution in [-0.4, -0.2) is 16.4 Å². The van der Waals surface area contributed by atoms with Crippen molar-refractivity contribution in [1.29, 1.82) is 0 Å². The summed E-state index contributed by atoms with van der Waals surface area (Å²) in [7, 11) is 0. The smallest absolute Gasteiger partial charge is 0.304 e. The maximum absolute atomic E-state index is 10.0. The highest BCUT2D eigenvalue weighted by Gasteiger charge is 1.88. The monoisotopic (exact) mass is 156 g/mol. The van der Waals surface area contributed by atoms with Crippen molar-refractivity contribution in [1.82, 2.24) is 0 Å². The highest BCUT2D eigenvalue weighted by Crippen LogP contribution is 1.84. The van der Waals surface area contributed by atoms with E-state index in [-0.39, 0.29) is 0 Å². The van der Waals surface area contributed by atoms with E-state index >= 15 is 0 Å². The highest BCUT2D eigenvalue weighted by molar-refractivity contribution is 9.09. The number of hydrogen-bond acceptors (Lipinski definition) is 1. The number of carboxylic acid groups (broad SMARTS) is 1. The van der Waals surface area contributed by atoms with Gasteiger partial charge in [-0.25, -0.2) is 0 Å². The van der Waals surface area contributed by atoms with Gasteiger partial charge in [0, 0.05) is 10.8 Å². The molecule has 0 rings (SSSR count). The number of halogens is 1. The lowest BCUT2D eigenvalue weighted by atomic mass is 10.5. The van der Waals surface area contributed by atoms with Crippen molar-refractivity contribution in [3.8, 4) is 0 Å². The van der Waals surface area contributed by atoms with E-state index in [0.717, 1.165) is 0 Å². The first kappa shape index (κ1) is 1.82. The SMILES string of the molecule is [2H]C([2H])(Br)C([2H])([2H])C(=O)O. The fraction of sp³-hybridized carbons (Fsp3) is 0.667. The first-order chi connectivity index (χ1) is 4.19. The summed E-state index contributed by atoms with van der Waals surface area (Å²) in [4.78, 5) is 10.0. The second kappa shape index (κ2) is 3.15. The van der Waals surface area contributed by atoms with Crippen LogP contribution >= 0.6 is 15.9 Å². The molecule has 0 spiro atoms. The quantitative estimate of drug-likeness (QED) is 0.603. The Kier molecular flexibility index (Phi) is 0.956. The summed E-state index contributed by atoms with van der Waals surface area (Å²) in [6.07, 6.45) is -2.90. The van der Waals surface area contributed by atoms with Crippen LogP contribution in [-0.2, 0) is 4.79 Å². The summed E-state index contributed by atoms with van der Waals surface area (Å²) in [5, 5.41) is 5.60. The molecule has 36 valence electrons. The van der Waals surface area contributed by atoms with Crippen molar-refractivity contribution >= 4 is 21.9 Å². The molecule has 0 aromatic heterocycles.